The third kappa shape index (κ3) is 13.6. The van der Waals surface area contributed by atoms with Gasteiger partial charge in [0.25, 0.3) is 0 Å². The van der Waals surface area contributed by atoms with Crippen molar-refractivity contribution in [2.75, 3.05) is 0 Å². The second-order valence-electron chi connectivity index (χ2n) is 37.9. The van der Waals surface area contributed by atoms with Gasteiger partial charge in [-0.05, 0) is 209 Å². The van der Waals surface area contributed by atoms with Gasteiger partial charge in [0.2, 0.25) is 17.7 Å². The van der Waals surface area contributed by atoms with Crippen LogP contribution in [0.25, 0.3) is 0 Å². The second kappa shape index (κ2) is 22.5. The van der Waals surface area contributed by atoms with Crippen molar-refractivity contribution in [2.45, 2.75) is 310 Å². The first-order valence-electron chi connectivity index (χ1n) is 34.2. The number of carbonyl (C=O) groups is 7. The highest BCUT2D eigenvalue weighted by Crippen LogP contribution is 2.61. The van der Waals surface area contributed by atoms with Gasteiger partial charge in [0.05, 0.1) is 0 Å². The van der Waals surface area contributed by atoms with E-state index in [1.165, 1.54) is 57.8 Å². The van der Waals surface area contributed by atoms with E-state index in [0.29, 0.717) is 91.8 Å². The number of amides is 3. The maximum absolute atomic E-state index is 11.8. The summed E-state index contributed by atoms with van der Waals surface area (Å²) in [6.07, 6.45) is 25.3. The molecule has 0 spiro atoms. The average Bonchev–Trinajstić information content (AvgIpc) is 2.67. The molecule has 0 radical (unpaired) electrons. The Morgan fingerprint density at radius 2 is 1.02 bits per heavy atom. The molecule has 10 nitrogen and oxygen atoms in total. The van der Waals surface area contributed by atoms with Crippen LogP contribution in [-0.4, -0.2) is 58.0 Å². The van der Waals surface area contributed by atoms with Gasteiger partial charge in [0, 0.05) is 83.2 Å². The van der Waals surface area contributed by atoms with Gasteiger partial charge in [0.15, 0.2) is 0 Å². The Bertz CT molecular complexity index is 2550. The summed E-state index contributed by atoms with van der Waals surface area (Å²) in [6, 6.07) is 0.436. The van der Waals surface area contributed by atoms with Crippen molar-refractivity contribution in [3.05, 3.63) is 0 Å². The maximum atomic E-state index is 11.8. The number of Topliss-reactive ketones (excluding diaryl/α,β-unsaturated/α-hetero) is 4. The van der Waals surface area contributed by atoms with Gasteiger partial charge in [-0.15, -0.1) is 0 Å². The predicted molar refractivity (Wildman–Crippen MR) is 338 cm³/mol. The zero-order valence-electron chi connectivity index (χ0n) is 57.5. The fourth-order valence-corrected chi connectivity index (χ4v) is 21.2. The first-order valence-corrected chi connectivity index (χ1v) is 34.2. The lowest BCUT2D eigenvalue weighted by Crippen LogP contribution is -2.55. The summed E-state index contributed by atoms with van der Waals surface area (Å²) in [5.41, 5.74) is 2.66. The minimum absolute atomic E-state index is 0.0480. The van der Waals surface area contributed by atoms with Crippen LogP contribution >= 0.6 is 0 Å². The number of hydrogen-bond donors (Lipinski definition) is 3. The van der Waals surface area contributed by atoms with Gasteiger partial charge in [-0.25, -0.2) is 0 Å². The van der Waals surface area contributed by atoms with E-state index < -0.39 is 0 Å². The van der Waals surface area contributed by atoms with Crippen LogP contribution in [0.5, 0.6) is 0 Å². The Labute approximate surface area is 511 Å². The van der Waals surface area contributed by atoms with Crippen LogP contribution in [0, 0.1) is 113 Å². The molecule has 14 fully saturated rings. The van der Waals surface area contributed by atoms with Crippen molar-refractivity contribution in [1.29, 1.82) is 0 Å². The van der Waals surface area contributed by atoms with Crippen molar-refractivity contribution in [2.24, 2.45) is 113 Å². The highest BCUT2D eigenvalue weighted by Gasteiger charge is 2.57. The predicted octanol–water partition coefficient (Wildman–Crippen LogP) is 16.0. The van der Waals surface area contributed by atoms with Crippen LogP contribution in [0.1, 0.15) is 293 Å². The molecule has 11 saturated carbocycles. The van der Waals surface area contributed by atoms with E-state index in [1.807, 2.05) is 0 Å². The van der Waals surface area contributed by atoms with E-state index in [0.717, 1.165) is 108 Å². The molecule has 10 heteroatoms. The molecule has 3 N–H and O–H groups in total. The zero-order chi connectivity index (χ0) is 62.8. The lowest BCUT2D eigenvalue weighted by atomic mass is 9.64. The molecule has 0 aromatic heterocycles. The molecular formula is C74H123N3O7. The van der Waals surface area contributed by atoms with Crippen LogP contribution in [0.4, 0.5) is 0 Å². The summed E-state index contributed by atoms with van der Waals surface area (Å²) in [4.78, 5) is 81.1. The molecule has 14 aliphatic rings. The first-order chi connectivity index (χ1) is 38.2. The van der Waals surface area contributed by atoms with Gasteiger partial charge >= 0.3 is 0 Å². The Kier molecular flexibility index (Phi) is 18.0. The van der Waals surface area contributed by atoms with Gasteiger partial charge in [-0.1, -0.05) is 132 Å². The van der Waals surface area contributed by atoms with E-state index in [-0.39, 0.29) is 61.8 Å². The van der Waals surface area contributed by atoms with Crippen molar-refractivity contribution >= 4 is 40.9 Å². The summed E-state index contributed by atoms with van der Waals surface area (Å²) in [5, 5.41) is 9.34. The van der Waals surface area contributed by atoms with Crippen LogP contribution < -0.4 is 16.0 Å². The average molecular weight is 1170 g/mol. The summed E-state index contributed by atoms with van der Waals surface area (Å²) >= 11 is 0. The van der Waals surface area contributed by atoms with Gasteiger partial charge in [0.1, 0.15) is 23.1 Å². The molecule has 0 aromatic rings. The fourth-order valence-electron chi connectivity index (χ4n) is 21.2. The molecule has 14 rings (SSSR count). The normalized spacial score (nSPS) is 44.6. The van der Waals surface area contributed by atoms with E-state index in [4.69, 9.17) is 0 Å². The summed E-state index contributed by atoms with van der Waals surface area (Å²) < 4.78 is 0. The number of nitrogens with one attached hydrogen (secondary N) is 3. The molecule has 16 atom stereocenters. The van der Waals surface area contributed by atoms with E-state index in [9.17, 15) is 33.6 Å². The summed E-state index contributed by atoms with van der Waals surface area (Å²) in [7, 11) is 0. The summed E-state index contributed by atoms with van der Waals surface area (Å²) in [6.45, 7) is 46.7. The van der Waals surface area contributed by atoms with Gasteiger partial charge in [-0.3, -0.25) is 33.6 Å². The number of piperidine rings is 3. The van der Waals surface area contributed by atoms with Crippen LogP contribution in [-0.2, 0) is 33.6 Å². The van der Waals surface area contributed by atoms with Crippen molar-refractivity contribution in [3.8, 4) is 0 Å². The molecule has 3 aliphatic heterocycles. The minimum atomic E-state index is -0.129. The molecular weight excluding hydrogens is 1040 g/mol. The quantitative estimate of drug-likeness (QED) is 0.218. The SMILES string of the molecule is CC12CC(CC(=O)N1)C(C)(C)C2.CC12CC(CCC1=O)C(C)(C)C2.CC12CCC(=O)C(C1)C(C)(C)C2.CC12CCC(C1)C(C)(C)C(=O)N2.CC12CCC(C1)C(C)(C)CC2=O.CC1C(=O)NC2CC1CC2(C)C.CC1CC(=O)C2CC1CC2(C)C. The topological polar surface area (TPSA) is 156 Å². The molecule has 0 aromatic carbocycles. The Morgan fingerprint density at radius 3 is 1.65 bits per heavy atom. The smallest absolute Gasteiger partial charge is 0.226 e. The highest BCUT2D eigenvalue weighted by atomic mass is 16.2. The van der Waals surface area contributed by atoms with Gasteiger partial charge in [-0.2, -0.15) is 0 Å². The van der Waals surface area contributed by atoms with E-state index in [1.54, 1.807) is 0 Å². The molecule has 476 valence electrons. The summed E-state index contributed by atoms with van der Waals surface area (Å²) in [5.74, 6) is 8.80. The largest absolute Gasteiger partial charge is 0.353 e. The van der Waals surface area contributed by atoms with Gasteiger partial charge < -0.3 is 16.0 Å². The van der Waals surface area contributed by atoms with Crippen LogP contribution in [0.15, 0.2) is 0 Å². The molecule has 84 heavy (non-hydrogen) atoms. The Morgan fingerprint density at radius 1 is 0.429 bits per heavy atom. The van der Waals surface area contributed by atoms with Crippen LogP contribution in [0.2, 0.25) is 0 Å². The molecule has 3 saturated heterocycles. The van der Waals surface area contributed by atoms with Crippen molar-refractivity contribution in [3.63, 3.8) is 0 Å². The molecule has 3 amide bonds. The molecule has 11 aliphatic carbocycles. The number of carbonyl (C=O) groups excluding carboxylic acids is 7. The number of fused-ring (bicyclic) bond motifs is 14. The monoisotopic (exact) mass is 1170 g/mol. The molecule has 14 bridgehead atoms. The zero-order valence-corrected chi connectivity index (χ0v) is 57.5. The second-order valence-corrected chi connectivity index (χ2v) is 37.9. The van der Waals surface area contributed by atoms with E-state index in [2.05, 4.69) is 161 Å². The lowest BCUT2D eigenvalue weighted by Gasteiger charge is -2.40. The minimum Gasteiger partial charge on any atom is -0.353 e. The lowest BCUT2D eigenvalue weighted by molar-refractivity contribution is -0.136. The fraction of sp³-hybridized carbons (Fsp3) is 0.905. The number of ketones is 4. The molecule has 16 unspecified atom stereocenters. The number of hydrogen-bond acceptors (Lipinski definition) is 7. The Balaban J connectivity index is 0.000000128. The number of rotatable bonds is 0. The third-order valence-corrected chi connectivity index (χ3v) is 27.0. The van der Waals surface area contributed by atoms with E-state index >= 15 is 0 Å². The maximum Gasteiger partial charge on any atom is 0.226 e. The van der Waals surface area contributed by atoms with Crippen LogP contribution in [0.3, 0.4) is 0 Å². The third-order valence-electron chi connectivity index (χ3n) is 27.0. The first kappa shape index (κ1) is 67.0. The highest BCUT2D eigenvalue weighted by molar-refractivity contribution is 5.87. The Hall–Kier alpha value is -2.91. The molecule has 3 heterocycles. The standard InChI is InChI=1S/4C11H18O.3C10H17NO/c1-7-4-10(12)9-5-8(7)6-11(9,2)3;1-10(2)7-11(3)5-4-9(12)8(10)6-11;1-10(2)7-9(12)11(3)5-4-8(10)6-11;1-10(2)7-11(3)6-8(10)4-5-9(11)12;1-9(2)6-10(3)5-7(9)4-8(12)11-10;1-6-7-4-8(11-9(6)12)10(2,3)5-7;1-9(2)7-4-5-10(3,6-7)11-8(9)12/h7-9H,4-6H2,1-3H3;3*8H,4-7H2,1-3H3;7H,4-6H2,1-3H3,(H,11,12);6-8H,4-5H2,1-3H3,(H,11,12);7H,4-6H2,1-3H3,(H,11,12). The van der Waals surface area contributed by atoms with Crippen molar-refractivity contribution < 1.29 is 33.6 Å². The van der Waals surface area contributed by atoms with Crippen molar-refractivity contribution in [1.82, 2.24) is 16.0 Å².